The Balaban J connectivity index is 1.86. The minimum atomic E-state index is 0.662. The molecule has 0 fully saturated rings. The van der Waals surface area contributed by atoms with Crippen molar-refractivity contribution in [1.29, 1.82) is 0 Å². The van der Waals surface area contributed by atoms with Gasteiger partial charge in [0, 0.05) is 24.0 Å². The first kappa shape index (κ1) is 13.0. The van der Waals surface area contributed by atoms with E-state index in [1.165, 1.54) is 0 Å². The second-order valence-corrected chi connectivity index (χ2v) is 4.72. The highest BCUT2D eigenvalue weighted by molar-refractivity contribution is 9.10. The predicted molar refractivity (Wildman–Crippen MR) is 73.4 cm³/mol. The maximum absolute atomic E-state index is 5.00. The Morgan fingerprint density at radius 2 is 2.28 bits per heavy atom. The monoisotopic (exact) mass is 310 g/mol. The van der Waals surface area contributed by atoms with Crippen molar-refractivity contribution in [2.45, 2.75) is 13.1 Å². The van der Waals surface area contributed by atoms with Crippen LogP contribution in [-0.4, -0.2) is 28.5 Å². The third kappa shape index (κ3) is 3.82. The quantitative estimate of drug-likeness (QED) is 0.889. The molecule has 0 spiro atoms. The molecule has 18 heavy (non-hydrogen) atoms. The molecule has 2 rings (SSSR count). The van der Waals surface area contributed by atoms with Gasteiger partial charge in [-0.3, -0.25) is 9.67 Å². The van der Waals surface area contributed by atoms with E-state index in [4.69, 9.17) is 4.74 Å². The number of nitrogens with one attached hydrogen (secondary N) is 1. The average molecular weight is 311 g/mol. The van der Waals surface area contributed by atoms with Crippen LogP contribution in [-0.2, 0) is 17.8 Å². The van der Waals surface area contributed by atoms with Crippen molar-refractivity contribution < 1.29 is 4.74 Å². The predicted octanol–water partition coefficient (Wildman–Crippen LogP) is 2.30. The molecule has 1 N–H and O–H groups in total. The number of methoxy groups -OCH3 is 1. The summed E-state index contributed by atoms with van der Waals surface area (Å²) in [5.74, 6) is 0. The molecule has 0 bridgehead atoms. The van der Waals surface area contributed by atoms with Gasteiger partial charge in [-0.05, 0) is 28.1 Å². The van der Waals surface area contributed by atoms with E-state index in [0.29, 0.717) is 13.2 Å². The Kier molecular flexibility index (Phi) is 4.72. The molecular weight excluding hydrogens is 296 g/mol. The molecule has 0 atom stereocenters. The van der Waals surface area contributed by atoms with Crippen LogP contribution >= 0.6 is 15.9 Å². The molecule has 96 valence electrons. The summed E-state index contributed by atoms with van der Waals surface area (Å²) >= 11 is 3.36. The van der Waals surface area contributed by atoms with Gasteiger partial charge < -0.3 is 10.1 Å². The molecule has 6 heteroatoms. The summed E-state index contributed by atoms with van der Waals surface area (Å²) in [4.78, 5) is 4.29. The van der Waals surface area contributed by atoms with Crippen molar-refractivity contribution in [3.05, 3.63) is 40.9 Å². The Morgan fingerprint density at radius 3 is 3.00 bits per heavy atom. The van der Waals surface area contributed by atoms with Gasteiger partial charge in [0.1, 0.15) is 0 Å². The average Bonchev–Trinajstić information content (AvgIpc) is 2.84. The van der Waals surface area contributed by atoms with Crippen molar-refractivity contribution in [3.63, 3.8) is 0 Å². The maximum atomic E-state index is 5.00. The lowest BCUT2D eigenvalue weighted by Crippen LogP contribution is -2.04. The fourth-order valence-corrected chi connectivity index (χ4v) is 1.70. The zero-order valence-corrected chi connectivity index (χ0v) is 11.7. The number of hydrogen-bond donors (Lipinski definition) is 1. The Morgan fingerprint density at radius 1 is 1.39 bits per heavy atom. The van der Waals surface area contributed by atoms with Crippen LogP contribution < -0.4 is 5.32 Å². The van der Waals surface area contributed by atoms with Crippen molar-refractivity contribution in [2.24, 2.45) is 0 Å². The van der Waals surface area contributed by atoms with E-state index >= 15 is 0 Å². The number of hydrogen-bond acceptors (Lipinski definition) is 4. The van der Waals surface area contributed by atoms with Crippen molar-refractivity contribution >= 4 is 21.6 Å². The van der Waals surface area contributed by atoms with Crippen LogP contribution in [0.15, 0.2) is 35.2 Å². The molecule has 2 heterocycles. The van der Waals surface area contributed by atoms with Gasteiger partial charge in [0.25, 0.3) is 0 Å². The van der Waals surface area contributed by atoms with Gasteiger partial charge in [0.2, 0.25) is 0 Å². The van der Waals surface area contributed by atoms with E-state index in [1.54, 1.807) is 19.5 Å². The number of pyridine rings is 1. The van der Waals surface area contributed by atoms with Gasteiger partial charge >= 0.3 is 0 Å². The second kappa shape index (κ2) is 6.51. The van der Waals surface area contributed by atoms with Gasteiger partial charge in [-0.15, -0.1) is 0 Å². The second-order valence-electron chi connectivity index (χ2n) is 3.81. The fraction of sp³-hybridized carbons (Fsp3) is 0.333. The molecule has 0 saturated carbocycles. The highest BCUT2D eigenvalue weighted by Crippen LogP contribution is 2.10. The fourth-order valence-electron chi connectivity index (χ4n) is 1.47. The summed E-state index contributed by atoms with van der Waals surface area (Å²) in [5, 5.41) is 7.50. The maximum Gasteiger partial charge on any atom is 0.0729 e. The van der Waals surface area contributed by atoms with E-state index in [1.807, 2.05) is 23.0 Å². The number of halogens is 1. The first-order valence-electron chi connectivity index (χ1n) is 5.63. The summed E-state index contributed by atoms with van der Waals surface area (Å²) in [6.45, 7) is 2.10. The first-order chi connectivity index (χ1) is 8.78. The molecule has 2 aromatic heterocycles. The molecule has 0 aliphatic heterocycles. The van der Waals surface area contributed by atoms with Crippen LogP contribution in [0.4, 0.5) is 5.69 Å². The van der Waals surface area contributed by atoms with E-state index in [0.717, 1.165) is 22.4 Å². The number of anilines is 1. The number of ether oxygens (including phenoxy) is 1. The molecule has 0 aromatic carbocycles. The number of rotatable bonds is 6. The minimum absolute atomic E-state index is 0.662. The number of nitrogens with zero attached hydrogens (tertiary/aromatic N) is 3. The van der Waals surface area contributed by atoms with E-state index in [-0.39, 0.29) is 0 Å². The zero-order chi connectivity index (χ0) is 12.8. The summed E-state index contributed by atoms with van der Waals surface area (Å²) in [6, 6.07) is 3.96. The van der Waals surface area contributed by atoms with E-state index < -0.39 is 0 Å². The van der Waals surface area contributed by atoms with E-state index in [9.17, 15) is 0 Å². The molecule has 0 radical (unpaired) electrons. The molecule has 0 amide bonds. The molecule has 0 aliphatic rings. The lowest BCUT2D eigenvalue weighted by Gasteiger charge is -2.03. The van der Waals surface area contributed by atoms with Gasteiger partial charge in [-0.2, -0.15) is 5.10 Å². The van der Waals surface area contributed by atoms with Crippen LogP contribution in [0.25, 0.3) is 0 Å². The highest BCUT2D eigenvalue weighted by atomic mass is 79.9. The molecule has 0 unspecified atom stereocenters. The number of aromatic nitrogens is 3. The molecule has 5 nitrogen and oxygen atoms in total. The molecule has 2 aromatic rings. The lowest BCUT2D eigenvalue weighted by molar-refractivity contribution is 0.183. The standard InChI is InChI=1S/C12H15BrN4O/c1-18-5-4-17-9-12(8-16-17)15-7-11-3-2-10(13)6-14-11/h2-3,6,8-9,15H,4-5,7H2,1H3. The normalized spacial score (nSPS) is 10.6. The minimum Gasteiger partial charge on any atom is -0.383 e. The van der Waals surface area contributed by atoms with Crippen LogP contribution in [0, 0.1) is 0 Å². The largest absolute Gasteiger partial charge is 0.383 e. The van der Waals surface area contributed by atoms with Crippen molar-refractivity contribution in [1.82, 2.24) is 14.8 Å². The first-order valence-corrected chi connectivity index (χ1v) is 6.43. The van der Waals surface area contributed by atoms with Gasteiger partial charge in [0.15, 0.2) is 0 Å². The van der Waals surface area contributed by atoms with Crippen LogP contribution in [0.3, 0.4) is 0 Å². The lowest BCUT2D eigenvalue weighted by atomic mass is 10.3. The van der Waals surface area contributed by atoms with E-state index in [2.05, 4.69) is 31.3 Å². The SMILES string of the molecule is COCCn1cc(NCc2ccc(Br)cn2)cn1. The molecular formula is C12H15BrN4O. The summed E-state index contributed by atoms with van der Waals surface area (Å²) in [5.41, 5.74) is 1.97. The van der Waals surface area contributed by atoms with Crippen LogP contribution in [0.5, 0.6) is 0 Å². The Hall–Kier alpha value is -1.40. The third-order valence-electron chi connectivity index (χ3n) is 2.42. The molecule has 0 saturated heterocycles. The van der Waals surface area contributed by atoms with Gasteiger partial charge in [0.05, 0.1) is 37.3 Å². The zero-order valence-electron chi connectivity index (χ0n) is 10.1. The molecule has 0 aliphatic carbocycles. The van der Waals surface area contributed by atoms with Gasteiger partial charge in [-0.1, -0.05) is 0 Å². The van der Waals surface area contributed by atoms with Gasteiger partial charge in [-0.25, -0.2) is 0 Å². The van der Waals surface area contributed by atoms with Crippen molar-refractivity contribution in [2.75, 3.05) is 19.0 Å². The summed E-state index contributed by atoms with van der Waals surface area (Å²) < 4.78 is 7.83. The Labute approximate surface area is 114 Å². The van der Waals surface area contributed by atoms with Crippen LogP contribution in [0.1, 0.15) is 5.69 Å². The topological polar surface area (TPSA) is 52.0 Å². The highest BCUT2D eigenvalue weighted by Gasteiger charge is 1.99. The summed E-state index contributed by atoms with van der Waals surface area (Å²) in [6.07, 6.45) is 5.55. The summed E-state index contributed by atoms with van der Waals surface area (Å²) in [7, 11) is 1.68. The van der Waals surface area contributed by atoms with Crippen LogP contribution in [0.2, 0.25) is 0 Å². The Bertz CT molecular complexity index is 483. The smallest absolute Gasteiger partial charge is 0.0729 e. The third-order valence-corrected chi connectivity index (χ3v) is 2.89. The van der Waals surface area contributed by atoms with Crippen molar-refractivity contribution in [3.8, 4) is 0 Å².